The summed E-state index contributed by atoms with van der Waals surface area (Å²) in [5.41, 5.74) is 3.99. The second-order valence-electron chi connectivity index (χ2n) is 5.45. The summed E-state index contributed by atoms with van der Waals surface area (Å²) in [4.78, 5) is 17.4. The highest BCUT2D eigenvalue weighted by Crippen LogP contribution is 2.36. The van der Waals surface area contributed by atoms with E-state index >= 15 is 0 Å². The van der Waals surface area contributed by atoms with E-state index < -0.39 is 17.2 Å². The van der Waals surface area contributed by atoms with Gasteiger partial charge < -0.3 is 16.0 Å². The molecule has 1 amide bonds. The van der Waals surface area contributed by atoms with E-state index in [1.165, 1.54) is 7.05 Å². The summed E-state index contributed by atoms with van der Waals surface area (Å²) < 4.78 is 38.4. The SMILES string of the molecule is CNC(=O)C1(C)CCN(c2cc(C(F)(F)F)cc(N)n2)C1. The number of nitrogens with one attached hydrogen (secondary N) is 1. The number of anilines is 2. The largest absolute Gasteiger partial charge is 0.416 e. The van der Waals surface area contributed by atoms with Crippen LogP contribution in [0, 0.1) is 5.41 Å². The van der Waals surface area contributed by atoms with Crippen LogP contribution in [0.1, 0.15) is 18.9 Å². The fraction of sp³-hybridized carbons (Fsp3) is 0.538. The second kappa shape index (κ2) is 5.09. The Labute approximate surface area is 120 Å². The Bertz CT molecular complexity index is 561. The van der Waals surface area contributed by atoms with Gasteiger partial charge in [-0.1, -0.05) is 0 Å². The Morgan fingerprint density at radius 2 is 2.14 bits per heavy atom. The summed E-state index contributed by atoms with van der Waals surface area (Å²) in [6.07, 6.45) is -3.93. The first-order valence-corrected chi connectivity index (χ1v) is 6.47. The molecule has 1 aromatic heterocycles. The summed E-state index contributed by atoms with van der Waals surface area (Å²) in [6.45, 7) is 2.54. The molecule has 0 spiro atoms. The first-order valence-electron chi connectivity index (χ1n) is 6.47. The lowest BCUT2D eigenvalue weighted by molar-refractivity contribution is -0.137. The average Bonchev–Trinajstić information content (AvgIpc) is 2.80. The van der Waals surface area contributed by atoms with Crippen LogP contribution in [0.25, 0.3) is 0 Å². The third-order valence-corrected chi connectivity index (χ3v) is 3.73. The second-order valence-corrected chi connectivity index (χ2v) is 5.45. The lowest BCUT2D eigenvalue weighted by Gasteiger charge is -2.24. The number of nitrogen functional groups attached to an aromatic ring is 1. The van der Waals surface area contributed by atoms with Crippen LogP contribution in [0.2, 0.25) is 0 Å². The van der Waals surface area contributed by atoms with Crippen molar-refractivity contribution in [3.63, 3.8) is 0 Å². The van der Waals surface area contributed by atoms with Gasteiger partial charge in [-0.3, -0.25) is 4.79 Å². The highest BCUT2D eigenvalue weighted by molar-refractivity contribution is 5.83. The van der Waals surface area contributed by atoms with Crippen LogP contribution >= 0.6 is 0 Å². The first kappa shape index (κ1) is 15.4. The van der Waals surface area contributed by atoms with Crippen LogP contribution in [0.5, 0.6) is 0 Å². The maximum Gasteiger partial charge on any atom is 0.416 e. The quantitative estimate of drug-likeness (QED) is 0.871. The van der Waals surface area contributed by atoms with E-state index in [4.69, 9.17) is 5.73 Å². The molecule has 1 aromatic rings. The Hall–Kier alpha value is -1.99. The third-order valence-electron chi connectivity index (χ3n) is 3.73. The monoisotopic (exact) mass is 302 g/mol. The summed E-state index contributed by atoms with van der Waals surface area (Å²) in [5, 5.41) is 2.58. The minimum absolute atomic E-state index is 0.134. The number of carbonyl (C=O) groups is 1. The molecule has 1 saturated heterocycles. The van der Waals surface area contributed by atoms with E-state index in [2.05, 4.69) is 10.3 Å². The smallest absolute Gasteiger partial charge is 0.384 e. The molecule has 1 aliphatic rings. The van der Waals surface area contributed by atoms with E-state index in [1.54, 1.807) is 11.8 Å². The molecule has 8 heteroatoms. The van der Waals surface area contributed by atoms with Crippen LogP contribution in [0.15, 0.2) is 12.1 Å². The zero-order valence-electron chi connectivity index (χ0n) is 11.8. The highest BCUT2D eigenvalue weighted by Gasteiger charge is 2.41. The number of rotatable bonds is 2. The molecule has 0 saturated carbocycles. The molecule has 0 aromatic carbocycles. The van der Waals surface area contributed by atoms with Gasteiger partial charge in [-0.05, 0) is 25.5 Å². The van der Waals surface area contributed by atoms with Crippen LogP contribution in [-0.2, 0) is 11.0 Å². The van der Waals surface area contributed by atoms with Crippen molar-refractivity contribution >= 4 is 17.5 Å². The zero-order valence-corrected chi connectivity index (χ0v) is 11.8. The van der Waals surface area contributed by atoms with Crippen molar-refractivity contribution in [2.45, 2.75) is 19.5 Å². The van der Waals surface area contributed by atoms with Gasteiger partial charge >= 0.3 is 6.18 Å². The van der Waals surface area contributed by atoms with Crippen molar-refractivity contribution in [2.24, 2.45) is 5.41 Å². The predicted octanol–water partition coefficient (Wildman–Crippen LogP) is 1.64. The fourth-order valence-corrected chi connectivity index (χ4v) is 2.51. The molecule has 2 rings (SSSR count). The highest BCUT2D eigenvalue weighted by atomic mass is 19.4. The van der Waals surface area contributed by atoms with Gasteiger partial charge in [0.2, 0.25) is 5.91 Å². The van der Waals surface area contributed by atoms with Crippen LogP contribution in [0.4, 0.5) is 24.8 Å². The maximum absolute atomic E-state index is 12.8. The molecule has 21 heavy (non-hydrogen) atoms. The minimum Gasteiger partial charge on any atom is -0.384 e. The fourth-order valence-electron chi connectivity index (χ4n) is 2.51. The number of carbonyl (C=O) groups excluding carboxylic acids is 1. The number of nitrogens with zero attached hydrogens (tertiary/aromatic N) is 2. The van der Waals surface area contributed by atoms with Crippen LogP contribution < -0.4 is 16.0 Å². The van der Waals surface area contributed by atoms with Crippen molar-refractivity contribution in [1.29, 1.82) is 0 Å². The Kier molecular flexibility index (Phi) is 3.73. The lowest BCUT2D eigenvalue weighted by Crippen LogP contribution is -2.39. The molecule has 5 nitrogen and oxygen atoms in total. The van der Waals surface area contributed by atoms with Crippen molar-refractivity contribution in [1.82, 2.24) is 10.3 Å². The number of amides is 1. The van der Waals surface area contributed by atoms with Gasteiger partial charge in [-0.2, -0.15) is 13.2 Å². The van der Waals surface area contributed by atoms with Gasteiger partial charge in [0.15, 0.2) is 0 Å². The van der Waals surface area contributed by atoms with Gasteiger partial charge in [0, 0.05) is 20.1 Å². The maximum atomic E-state index is 12.8. The van der Waals surface area contributed by atoms with E-state index in [9.17, 15) is 18.0 Å². The van der Waals surface area contributed by atoms with Gasteiger partial charge in [0.1, 0.15) is 11.6 Å². The topological polar surface area (TPSA) is 71.2 Å². The molecular formula is C13H17F3N4O. The summed E-state index contributed by atoms with van der Waals surface area (Å²) in [6, 6.07) is 1.77. The molecular weight excluding hydrogens is 285 g/mol. The molecule has 2 heterocycles. The summed E-state index contributed by atoms with van der Waals surface area (Å²) >= 11 is 0. The van der Waals surface area contributed by atoms with Crippen molar-refractivity contribution in [3.05, 3.63) is 17.7 Å². The van der Waals surface area contributed by atoms with Crippen molar-refractivity contribution in [2.75, 3.05) is 30.8 Å². The lowest BCUT2D eigenvalue weighted by atomic mass is 9.89. The summed E-state index contributed by atoms with van der Waals surface area (Å²) in [7, 11) is 1.54. The van der Waals surface area contributed by atoms with E-state index in [0.29, 0.717) is 19.5 Å². The Balaban J connectivity index is 2.28. The standard InChI is InChI=1S/C13H17F3N4O/c1-12(11(21)18-2)3-4-20(7-12)10-6-8(13(14,15)16)5-9(17)19-10/h5-6H,3-4,7H2,1-2H3,(H2,17,19)(H,18,21). The van der Waals surface area contributed by atoms with Gasteiger partial charge in [-0.25, -0.2) is 4.98 Å². The van der Waals surface area contributed by atoms with E-state index in [0.717, 1.165) is 12.1 Å². The van der Waals surface area contributed by atoms with Crippen LogP contribution in [0.3, 0.4) is 0 Å². The van der Waals surface area contributed by atoms with Gasteiger partial charge in [0.05, 0.1) is 11.0 Å². The average molecular weight is 302 g/mol. The molecule has 0 aliphatic carbocycles. The number of halogens is 3. The normalized spacial score (nSPS) is 22.4. The molecule has 0 bridgehead atoms. The number of aromatic nitrogens is 1. The third kappa shape index (κ3) is 3.03. The number of nitrogens with two attached hydrogens (primary N) is 1. The number of alkyl halides is 3. The molecule has 0 radical (unpaired) electrons. The van der Waals surface area contributed by atoms with Gasteiger partial charge in [0.25, 0.3) is 0 Å². The first-order chi connectivity index (χ1) is 9.65. The molecule has 1 atom stereocenters. The number of hydrogen-bond acceptors (Lipinski definition) is 4. The Morgan fingerprint density at radius 3 is 2.71 bits per heavy atom. The van der Waals surface area contributed by atoms with E-state index in [1.807, 2.05) is 0 Å². The Morgan fingerprint density at radius 1 is 1.48 bits per heavy atom. The molecule has 116 valence electrons. The van der Waals surface area contributed by atoms with Crippen molar-refractivity contribution in [3.8, 4) is 0 Å². The summed E-state index contributed by atoms with van der Waals surface area (Å²) in [5.74, 6) is -0.173. The van der Waals surface area contributed by atoms with E-state index in [-0.39, 0.29) is 17.5 Å². The van der Waals surface area contributed by atoms with Crippen molar-refractivity contribution < 1.29 is 18.0 Å². The number of hydrogen-bond donors (Lipinski definition) is 2. The number of pyridine rings is 1. The molecule has 1 aliphatic heterocycles. The minimum atomic E-state index is -4.48. The van der Waals surface area contributed by atoms with Gasteiger partial charge in [-0.15, -0.1) is 0 Å². The molecule has 1 fully saturated rings. The predicted molar refractivity (Wildman–Crippen MR) is 72.7 cm³/mol. The zero-order chi connectivity index (χ0) is 15.8. The molecule has 1 unspecified atom stereocenters. The molecule has 3 N–H and O–H groups in total. The van der Waals surface area contributed by atoms with Crippen LogP contribution in [-0.4, -0.2) is 31.0 Å².